The third kappa shape index (κ3) is 4.46. The SMILES string of the molecule is O=C(COC(=O)Cc1cccc2ccccc12)Nc1ccccc1[N+](=O)[O-]. The molecule has 0 spiro atoms. The van der Waals surface area contributed by atoms with E-state index in [-0.39, 0.29) is 17.8 Å². The van der Waals surface area contributed by atoms with E-state index in [4.69, 9.17) is 4.74 Å². The largest absolute Gasteiger partial charge is 0.455 e. The van der Waals surface area contributed by atoms with Crippen LogP contribution in [0.2, 0.25) is 0 Å². The first-order valence-corrected chi connectivity index (χ1v) is 8.20. The normalized spacial score (nSPS) is 10.4. The van der Waals surface area contributed by atoms with Crippen molar-refractivity contribution in [2.75, 3.05) is 11.9 Å². The highest BCUT2D eigenvalue weighted by Gasteiger charge is 2.16. The number of ether oxygens (including phenoxy) is 1. The van der Waals surface area contributed by atoms with Crippen LogP contribution in [0.25, 0.3) is 10.8 Å². The number of nitro benzene ring substituents is 1. The van der Waals surface area contributed by atoms with Crippen LogP contribution in [-0.2, 0) is 20.7 Å². The molecule has 3 aromatic carbocycles. The van der Waals surface area contributed by atoms with E-state index in [1.54, 1.807) is 6.07 Å². The molecule has 3 aromatic rings. The van der Waals surface area contributed by atoms with Crippen LogP contribution >= 0.6 is 0 Å². The molecule has 0 saturated heterocycles. The van der Waals surface area contributed by atoms with Gasteiger partial charge < -0.3 is 10.1 Å². The molecule has 0 heterocycles. The zero-order valence-electron chi connectivity index (χ0n) is 14.3. The van der Waals surface area contributed by atoms with Crippen molar-refractivity contribution >= 4 is 34.0 Å². The minimum absolute atomic E-state index is 0.0279. The first-order valence-electron chi connectivity index (χ1n) is 8.20. The molecule has 0 atom stereocenters. The molecule has 136 valence electrons. The van der Waals surface area contributed by atoms with Crippen LogP contribution in [0.15, 0.2) is 66.7 Å². The maximum absolute atomic E-state index is 12.1. The Balaban J connectivity index is 1.59. The van der Waals surface area contributed by atoms with E-state index in [2.05, 4.69) is 5.32 Å². The third-order valence-electron chi connectivity index (χ3n) is 3.95. The van der Waals surface area contributed by atoms with Gasteiger partial charge in [0.1, 0.15) is 5.69 Å². The highest BCUT2D eigenvalue weighted by molar-refractivity contribution is 5.95. The summed E-state index contributed by atoms with van der Waals surface area (Å²) in [6.07, 6.45) is 0.0279. The van der Waals surface area contributed by atoms with E-state index in [9.17, 15) is 19.7 Å². The second kappa shape index (κ2) is 8.09. The Hall–Kier alpha value is -3.74. The number of hydrogen-bond acceptors (Lipinski definition) is 5. The summed E-state index contributed by atoms with van der Waals surface area (Å²) in [6, 6.07) is 19.1. The number of amides is 1. The van der Waals surface area contributed by atoms with Crippen molar-refractivity contribution in [1.82, 2.24) is 0 Å². The minimum Gasteiger partial charge on any atom is -0.455 e. The van der Waals surface area contributed by atoms with Crippen LogP contribution in [0.4, 0.5) is 11.4 Å². The van der Waals surface area contributed by atoms with Crippen molar-refractivity contribution in [3.05, 3.63) is 82.4 Å². The minimum atomic E-state index is -0.643. The molecule has 0 aliphatic carbocycles. The highest BCUT2D eigenvalue weighted by Crippen LogP contribution is 2.23. The van der Waals surface area contributed by atoms with Gasteiger partial charge in [-0.25, -0.2) is 0 Å². The molecule has 0 aromatic heterocycles. The molecular weight excluding hydrogens is 348 g/mol. The number of esters is 1. The van der Waals surface area contributed by atoms with Gasteiger partial charge in [-0.3, -0.25) is 19.7 Å². The summed E-state index contributed by atoms with van der Waals surface area (Å²) in [5.41, 5.74) is 0.628. The van der Waals surface area contributed by atoms with Crippen molar-refractivity contribution in [2.24, 2.45) is 0 Å². The number of para-hydroxylation sites is 2. The second-order valence-electron chi connectivity index (χ2n) is 5.80. The van der Waals surface area contributed by atoms with Gasteiger partial charge in [-0.05, 0) is 22.4 Å². The van der Waals surface area contributed by atoms with E-state index < -0.39 is 23.4 Å². The fourth-order valence-electron chi connectivity index (χ4n) is 2.72. The molecule has 0 radical (unpaired) electrons. The fourth-order valence-corrected chi connectivity index (χ4v) is 2.72. The smallest absolute Gasteiger partial charge is 0.310 e. The van der Waals surface area contributed by atoms with Crippen LogP contribution in [0.3, 0.4) is 0 Å². The maximum Gasteiger partial charge on any atom is 0.310 e. The average molecular weight is 364 g/mol. The van der Waals surface area contributed by atoms with Gasteiger partial charge >= 0.3 is 5.97 Å². The molecule has 1 amide bonds. The fraction of sp³-hybridized carbons (Fsp3) is 0.100. The predicted molar refractivity (Wildman–Crippen MR) is 100 cm³/mol. The lowest BCUT2D eigenvalue weighted by Crippen LogP contribution is -2.22. The Bertz CT molecular complexity index is 1010. The lowest BCUT2D eigenvalue weighted by atomic mass is 10.0. The molecule has 0 saturated carbocycles. The molecule has 3 rings (SSSR count). The van der Waals surface area contributed by atoms with Gasteiger partial charge in [0.25, 0.3) is 11.6 Å². The average Bonchev–Trinajstić information content (AvgIpc) is 2.67. The van der Waals surface area contributed by atoms with E-state index in [0.29, 0.717) is 0 Å². The summed E-state index contributed by atoms with van der Waals surface area (Å²) >= 11 is 0. The number of hydrogen-bond donors (Lipinski definition) is 1. The van der Waals surface area contributed by atoms with Crippen LogP contribution in [0.1, 0.15) is 5.56 Å². The number of nitro groups is 1. The lowest BCUT2D eigenvalue weighted by Gasteiger charge is -2.08. The Kier molecular flexibility index (Phi) is 5.41. The molecule has 1 N–H and O–H groups in total. The summed E-state index contributed by atoms with van der Waals surface area (Å²) in [5.74, 6) is -1.19. The van der Waals surface area contributed by atoms with Crippen molar-refractivity contribution in [3.63, 3.8) is 0 Å². The molecule has 7 nitrogen and oxygen atoms in total. The van der Waals surface area contributed by atoms with Crippen LogP contribution in [0.5, 0.6) is 0 Å². The number of nitrogens with one attached hydrogen (secondary N) is 1. The van der Waals surface area contributed by atoms with Crippen molar-refractivity contribution in [2.45, 2.75) is 6.42 Å². The first-order chi connectivity index (χ1) is 13.0. The van der Waals surface area contributed by atoms with E-state index in [1.807, 2.05) is 42.5 Å². The molecular formula is C20H16N2O5. The number of carbonyl (C=O) groups excluding carboxylic acids is 2. The van der Waals surface area contributed by atoms with E-state index in [0.717, 1.165) is 16.3 Å². The molecule has 0 fully saturated rings. The van der Waals surface area contributed by atoms with Crippen molar-refractivity contribution in [3.8, 4) is 0 Å². The molecule has 0 aliphatic heterocycles. The standard InChI is InChI=1S/C20H16N2O5/c23-19(21-17-10-3-4-11-18(17)22(25)26)13-27-20(24)12-15-8-5-7-14-6-1-2-9-16(14)15/h1-11H,12-13H2,(H,21,23). The zero-order valence-corrected chi connectivity index (χ0v) is 14.3. The Morgan fingerprint density at radius 3 is 2.48 bits per heavy atom. The summed E-state index contributed by atoms with van der Waals surface area (Å²) < 4.78 is 5.01. The molecule has 7 heteroatoms. The number of nitrogens with zero attached hydrogens (tertiary/aromatic N) is 1. The second-order valence-corrected chi connectivity index (χ2v) is 5.80. The van der Waals surface area contributed by atoms with Crippen LogP contribution in [0, 0.1) is 10.1 Å². The van der Waals surface area contributed by atoms with Gasteiger partial charge in [-0.15, -0.1) is 0 Å². The summed E-state index contributed by atoms with van der Waals surface area (Å²) in [4.78, 5) is 34.4. The number of fused-ring (bicyclic) bond motifs is 1. The van der Waals surface area contributed by atoms with E-state index >= 15 is 0 Å². The number of carbonyl (C=O) groups is 2. The molecule has 0 unspecified atom stereocenters. The third-order valence-corrected chi connectivity index (χ3v) is 3.95. The lowest BCUT2D eigenvalue weighted by molar-refractivity contribution is -0.383. The van der Waals surface area contributed by atoms with E-state index in [1.165, 1.54) is 18.2 Å². The van der Waals surface area contributed by atoms with Crippen LogP contribution < -0.4 is 5.32 Å². The van der Waals surface area contributed by atoms with Gasteiger partial charge in [0.05, 0.1) is 11.3 Å². The van der Waals surface area contributed by atoms with Crippen LogP contribution in [-0.4, -0.2) is 23.4 Å². The first kappa shape index (κ1) is 18.1. The monoisotopic (exact) mass is 364 g/mol. The quantitative estimate of drug-likeness (QED) is 0.410. The maximum atomic E-state index is 12.1. The predicted octanol–water partition coefficient (Wildman–Crippen LogP) is 3.47. The highest BCUT2D eigenvalue weighted by atomic mass is 16.6. The summed E-state index contributed by atoms with van der Waals surface area (Å²) in [5, 5.41) is 15.3. The molecule has 27 heavy (non-hydrogen) atoms. The zero-order chi connectivity index (χ0) is 19.2. The number of benzene rings is 3. The summed E-state index contributed by atoms with van der Waals surface area (Å²) in [7, 11) is 0. The number of rotatable bonds is 6. The van der Waals surface area contributed by atoms with Gasteiger partial charge in [0, 0.05) is 6.07 Å². The van der Waals surface area contributed by atoms with Crippen molar-refractivity contribution in [1.29, 1.82) is 0 Å². The molecule has 0 aliphatic rings. The van der Waals surface area contributed by atoms with Gasteiger partial charge in [0.2, 0.25) is 0 Å². The van der Waals surface area contributed by atoms with Gasteiger partial charge in [0.15, 0.2) is 6.61 Å². The van der Waals surface area contributed by atoms with Gasteiger partial charge in [-0.2, -0.15) is 0 Å². The Morgan fingerprint density at radius 2 is 1.67 bits per heavy atom. The topological polar surface area (TPSA) is 98.5 Å². The molecule has 0 bridgehead atoms. The Morgan fingerprint density at radius 1 is 0.963 bits per heavy atom. The number of anilines is 1. The van der Waals surface area contributed by atoms with Gasteiger partial charge in [-0.1, -0.05) is 54.6 Å². The summed E-state index contributed by atoms with van der Waals surface area (Å²) in [6.45, 7) is -0.518. The Labute approximate surface area is 154 Å². The van der Waals surface area contributed by atoms with Crippen molar-refractivity contribution < 1.29 is 19.2 Å².